The zero-order chi connectivity index (χ0) is 18.4. The summed E-state index contributed by atoms with van der Waals surface area (Å²) in [6.45, 7) is 6.15. The molecular formula is C21H24N4O. The number of para-hydroxylation sites is 2. The third-order valence-electron chi connectivity index (χ3n) is 3.79. The molecule has 1 aromatic heterocycles. The number of aromatic nitrogens is 2. The van der Waals surface area contributed by atoms with Crippen LogP contribution in [0.2, 0.25) is 0 Å². The molecule has 0 aliphatic heterocycles. The lowest BCUT2D eigenvalue weighted by Crippen LogP contribution is -2.08. The first-order valence-electron chi connectivity index (χ1n) is 8.85. The van der Waals surface area contributed by atoms with E-state index in [0.717, 1.165) is 29.4 Å². The van der Waals surface area contributed by atoms with E-state index in [1.165, 1.54) is 5.56 Å². The predicted molar refractivity (Wildman–Crippen MR) is 107 cm³/mol. The van der Waals surface area contributed by atoms with Gasteiger partial charge in [-0.05, 0) is 56.2 Å². The maximum absolute atomic E-state index is 5.83. The molecule has 0 bridgehead atoms. The van der Waals surface area contributed by atoms with Crippen molar-refractivity contribution in [1.29, 1.82) is 0 Å². The second-order valence-electron chi connectivity index (χ2n) is 6.23. The van der Waals surface area contributed by atoms with Gasteiger partial charge < -0.3 is 15.4 Å². The molecule has 0 fully saturated rings. The minimum Gasteiger partial charge on any atom is -0.489 e. The molecule has 0 saturated carbocycles. The minimum absolute atomic E-state index is 0.0953. The van der Waals surface area contributed by atoms with Gasteiger partial charge in [0.25, 0.3) is 0 Å². The number of hydrogen-bond donors (Lipinski definition) is 2. The average Bonchev–Trinajstić information content (AvgIpc) is 2.64. The van der Waals surface area contributed by atoms with E-state index in [2.05, 4.69) is 51.8 Å². The topological polar surface area (TPSA) is 59.1 Å². The standard InChI is InChI=1S/C21H24N4O/c1-4-16-9-11-17(12-10-16)23-20-13-14-22-21(25-20)24-18-7-5-6-8-19(18)26-15(2)3/h5-15H,4H2,1-3H3,(H2,22,23,24,25). The Labute approximate surface area is 154 Å². The molecule has 1 heterocycles. The first kappa shape index (κ1) is 17.7. The number of benzene rings is 2. The van der Waals surface area contributed by atoms with Gasteiger partial charge in [0.05, 0.1) is 11.8 Å². The third kappa shape index (κ3) is 4.72. The van der Waals surface area contributed by atoms with Gasteiger partial charge in [0.15, 0.2) is 0 Å². The van der Waals surface area contributed by atoms with Crippen molar-refractivity contribution in [3.63, 3.8) is 0 Å². The maximum Gasteiger partial charge on any atom is 0.229 e. The Kier molecular flexibility index (Phi) is 5.69. The Morgan fingerprint density at radius 3 is 2.46 bits per heavy atom. The van der Waals surface area contributed by atoms with E-state index in [1.54, 1.807) is 6.20 Å². The van der Waals surface area contributed by atoms with Crippen LogP contribution in [0.1, 0.15) is 26.3 Å². The maximum atomic E-state index is 5.83. The van der Waals surface area contributed by atoms with E-state index in [-0.39, 0.29) is 6.10 Å². The molecule has 3 aromatic rings. The van der Waals surface area contributed by atoms with E-state index in [1.807, 2.05) is 44.2 Å². The summed E-state index contributed by atoms with van der Waals surface area (Å²) in [5, 5.41) is 6.54. The van der Waals surface area contributed by atoms with Gasteiger partial charge in [-0.2, -0.15) is 4.98 Å². The number of anilines is 4. The van der Waals surface area contributed by atoms with Crippen molar-refractivity contribution in [2.75, 3.05) is 10.6 Å². The highest BCUT2D eigenvalue weighted by Gasteiger charge is 2.07. The molecular weight excluding hydrogens is 324 g/mol. The van der Waals surface area contributed by atoms with Crippen molar-refractivity contribution in [2.24, 2.45) is 0 Å². The van der Waals surface area contributed by atoms with E-state index >= 15 is 0 Å². The average molecular weight is 348 g/mol. The molecule has 2 aromatic carbocycles. The van der Waals surface area contributed by atoms with Crippen LogP contribution in [0.4, 0.5) is 23.1 Å². The molecule has 2 N–H and O–H groups in total. The van der Waals surface area contributed by atoms with Crippen LogP contribution < -0.4 is 15.4 Å². The van der Waals surface area contributed by atoms with Crippen molar-refractivity contribution in [1.82, 2.24) is 9.97 Å². The van der Waals surface area contributed by atoms with Crippen LogP contribution in [0.5, 0.6) is 5.75 Å². The SMILES string of the molecule is CCc1ccc(Nc2ccnc(Nc3ccccc3OC(C)C)n2)cc1. The van der Waals surface area contributed by atoms with E-state index in [0.29, 0.717) is 5.95 Å². The van der Waals surface area contributed by atoms with E-state index in [9.17, 15) is 0 Å². The first-order valence-corrected chi connectivity index (χ1v) is 8.85. The fraction of sp³-hybridized carbons (Fsp3) is 0.238. The van der Waals surface area contributed by atoms with Crippen LogP contribution in [0.3, 0.4) is 0 Å². The fourth-order valence-corrected chi connectivity index (χ4v) is 2.51. The summed E-state index contributed by atoms with van der Waals surface area (Å²) in [6, 6.07) is 18.0. The van der Waals surface area contributed by atoms with Crippen molar-refractivity contribution >= 4 is 23.1 Å². The molecule has 0 amide bonds. The summed E-state index contributed by atoms with van der Waals surface area (Å²) in [5.74, 6) is 2.02. The van der Waals surface area contributed by atoms with Gasteiger partial charge in [-0.15, -0.1) is 0 Å². The summed E-state index contributed by atoms with van der Waals surface area (Å²) in [4.78, 5) is 8.84. The van der Waals surface area contributed by atoms with Gasteiger partial charge in [0, 0.05) is 11.9 Å². The monoisotopic (exact) mass is 348 g/mol. The molecule has 0 unspecified atom stereocenters. The molecule has 0 spiro atoms. The lowest BCUT2D eigenvalue weighted by Gasteiger charge is -2.15. The molecule has 0 atom stereocenters. The number of rotatable bonds is 7. The lowest BCUT2D eigenvalue weighted by molar-refractivity contribution is 0.244. The van der Waals surface area contributed by atoms with Crippen LogP contribution in [0, 0.1) is 0 Å². The van der Waals surface area contributed by atoms with Crippen LogP contribution >= 0.6 is 0 Å². The number of hydrogen-bond acceptors (Lipinski definition) is 5. The zero-order valence-corrected chi connectivity index (χ0v) is 15.4. The van der Waals surface area contributed by atoms with Crippen LogP contribution in [-0.4, -0.2) is 16.1 Å². The highest BCUT2D eigenvalue weighted by atomic mass is 16.5. The molecule has 0 aliphatic carbocycles. The predicted octanol–water partition coefficient (Wildman–Crippen LogP) is 5.31. The summed E-state index contributed by atoms with van der Waals surface area (Å²) >= 11 is 0. The van der Waals surface area contributed by atoms with Crippen molar-refractivity contribution in [2.45, 2.75) is 33.3 Å². The number of ether oxygens (including phenoxy) is 1. The molecule has 134 valence electrons. The van der Waals surface area contributed by atoms with Gasteiger partial charge >= 0.3 is 0 Å². The summed E-state index contributed by atoms with van der Waals surface area (Å²) in [5.41, 5.74) is 3.14. The summed E-state index contributed by atoms with van der Waals surface area (Å²) < 4.78 is 5.83. The lowest BCUT2D eigenvalue weighted by atomic mass is 10.1. The van der Waals surface area contributed by atoms with Gasteiger partial charge in [-0.3, -0.25) is 0 Å². The molecule has 5 nitrogen and oxygen atoms in total. The van der Waals surface area contributed by atoms with Crippen molar-refractivity contribution in [3.8, 4) is 5.75 Å². The number of aryl methyl sites for hydroxylation is 1. The normalized spacial score (nSPS) is 10.6. The van der Waals surface area contributed by atoms with Crippen LogP contribution in [0.25, 0.3) is 0 Å². The molecule has 0 saturated heterocycles. The molecule has 3 rings (SSSR count). The van der Waals surface area contributed by atoms with Gasteiger partial charge in [-0.25, -0.2) is 4.98 Å². The Bertz CT molecular complexity index is 847. The number of nitrogens with one attached hydrogen (secondary N) is 2. The molecule has 0 radical (unpaired) electrons. The second-order valence-corrected chi connectivity index (χ2v) is 6.23. The fourth-order valence-electron chi connectivity index (χ4n) is 2.51. The van der Waals surface area contributed by atoms with Crippen molar-refractivity contribution < 1.29 is 4.74 Å². The molecule has 0 aliphatic rings. The Morgan fingerprint density at radius 2 is 1.73 bits per heavy atom. The summed E-state index contributed by atoms with van der Waals surface area (Å²) in [7, 11) is 0. The third-order valence-corrected chi connectivity index (χ3v) is 3.79. The smallest absolute Gasteiger partial charge is 0.229 e. The summed E-state index contributed by atoms with van der Waals surface area (Å²) in [6.07, 6.45) is 2.85. The zero-order valence-electron chi connectivity index (χ0n) is 15.4. The largest absolute Gasteiger partial charge is 0.489 e. The molecule has 5 heteroatoms. The van der Waals surface area contributed by atoms with Crippen molar-refractivity contribution in [3.05, 3.63) is 66.4 Å². The van der Waals surface area contributed by atoms with Gasteiger partial charge in [0.2, 0.25) is 5.95 Å². The van der Waals surface area contributed by atoms with Crippen LogP contribution in [0.15, 0.2) is 60.8 Å². The van der Waals surface area contributed by atoms with E-state index in [4.69, 9.17) is 4.74 Å². The Balaban J connectivity index is 1.75. The minimum atomic E-state index is 0.0953. The second kappa shape index (κ2) is 8.34. The Hall–Kier alpha value is -3.08. The Morgan fingerprint density at radius 1 is 0.962 bits per heavy atom. The highest BCUT2D eigenvalue weighted by Crippen LogP contribution is 2.27. The number of nitrogens with zero attached hydrogens (tertiary/aromatic N) is 2. The van der Waals surface area contributed by atoms with E-state index < -0.39 is 0 Å². The van der Waals surface area contributed by atoms with Crippen LogP contribution in [-0.2, 0) is 6.42 Å². The van der Waals surface area contributed by atoms with Gasteiger partial charge in [-0.1, -0.05) is 31.2 Å². The molecule has 26 heavy (non-hydrogen) atoms. The highest BCUT2D eigenvalue weighted by molar-refractivity contribution is 5.64. The quantitative estimate of drug-likeness (QED) is 0.606. The first-order chi connectivity index (χ1) is 12.6. The van der Waals surface area contributed by atoms with Gasteiger partial charge in [0.1, 0.15) is 11.6 Å².